The molecule has 0 bridgehead atoms. The fraction of sp³-hybridized carbons (Fsp3) is 0.294. The molecule has 136 valence electrons. The van der Waals surface area contributed by atoms with Crippen LogP contribution in [0, 0.1) is 0 Å². The van der Waals surface area contributed by atoms with E-state index in [9.17, 15) is 20.1 Å². The number of aliphatic hydroxyl groups is 3. The molecule has 1 saturated heterocycles. The van der Waals surface area contributed by atoms with Gasteiger partial charge >= 0.3 is 0 Å². The highest BCUT2D eigenvalue weighted by molar-refractivity contribution is 6.30. The predicted molar refractivity (Wildman–Crippen MR) is 92.7 cm³/mol. The summed E-state index contributed by atoms with van der Waals surface area (Å²) in [5.74, 6) is 0. The topological polar surface area (TPSA) is 121 Å². The molecule has 4 rings (SSSR count). The lowest BCUT2D eigenvalue weighted by Crippen LogP contribution is -2.34. The third-order valence-electron chi connectivity index (χ3n) is 4.59. The van der Waals surface area contributed by atoms with Crippen LogP contribution in [0.3, 0.4) is 0 Å². The average Bonchev–Trinajstić information content (AvgIpc) is 3.18. The SMILES string of the molecule is O=c1[nH]cnc2c1ccn2[C@@H]1O[C@H]([C@H](O)c2ccc(Cl)cc2)[C@@H](O)[C@H]1O. The van der Waals surface area contributed by atoms with E-state index in [1.54, 1.807) is 36.5 Å². The Morgan fingerprint density at radius 3 is 2.65 bits per heavy atom. The summed E-state index contributed by atoms with van der Waals surface area (Å²) < 4.78 is 7.22. The van der Waals surface area contributed by atoms with Gasteiger partial charge in [0.15, 0.2) is 6.23 Å². The van der Waals surface area contributed by atoms with Gasteiger partial charge in [-0.1, -0.05) is 23.7 Å². The summed E-state index contributed by atoms with van der Waals surface area (Å²) in [4.78, 5) is 18.4. The van der Waals surface area contributed by atoms with Crippen molar-refractivity contribution in [2.45, 2.75) is 30.6 Å². The van der Waals surface area contributed by atoms with E-state index in [4.69, 9.17) is 16.3 Å². The van der Waals surface area contributed by atoms with Gasteiger partial charge in [0.2, 0.25) is 0 Å². The second-order valence-electron chi connectivity index (χ2n) is 6.16. The van der Waals surface area contributed by atoms with Crippen molar-refractivity contribution in [3.05, 3.63) is 63.8 Å². The van der Waals surface area contributed by atoms with E-state index in [2.05, 4.69) is 9.97 Å². The number of aromatic nitrogens is 3. The van der Waals surface area contributed by atoms with E-state index >= 15 is 0 Å². The van der Waals surface area contributed by atoms with E-state index in [1.165, 1.54) is 10.9 Å². The van der Waals surface area contributed by atoms with Crippen LogP contribution in [0.25, 0.3) is 11.0 Å². The van der Waals surface area contributed by atoms with E-state index < -0.39 is 30.6 Å². The minimum atomic E-state index is -1.33. The van der Waals surface area contributed by atoms with E-state index in [-0.39, 0.29) is 5.56 Å². The summed E-state index contributed by atoms with van der Waals surface area (Å²) in [6, 6.07) is 8.02. The van der Waals surface area contributed by atoms with Crippen molar-refractivity contribution in [1.29, 1.82) is 0 Å². The molecule has 3 aromatic rings. The zero-order chi connectivity index (χ0) is 18.4. The van der Waals surface area contributed by atoms with Crippen LogP contribution in [0.2, 0.25) is 5.02 Å². The lowest BCUT2D eigenvalue weighted by Gasteiger charge is -2.21. The van der Waals surface area contributed by atoms with Crippen LogP contribution in [0.15, 0.2) is 47.7 Å². The number of rotatable bonds is 3. The number of fused-ring (bicyclic) bond motifs is 1. The van der Waals surface area contributed by atoms with Crippen molar-refractivity contribution in [2.75, 3.05) is 0 Å². The molecule has 0 unspecified atom stereocenters. The Hall–Kier alpha value is -2.23. The van der Waals surface area contributed by atoms with Gasteiger partial charge in [-0.3, -0.25) is 4.79 Å². The minimum Gasteiger partial charge on any atom is -0.387 e. The summed E-state index contributed by atoms with van der Waals surface area (Å²) in [5, 5.41) is 32.2. The Labute approximate surface area is 152 Å². The van der Waals surface area contributed by atoms with Crippen LogP contribution in [0.1, 0.15) is 17.9 Å². The lowest BCUT2D eigenvalue weighted by atomic mass is 9.99. The van der Waals surface area contributed by atoms with Gasteiger partial charge in [-0.05, 0) is 23.8 Å². The maximum atomic E-state index is 11.8. The standard InChI is InChI=1S/C17H16ClN3O5/c18-9-3-1-8(2-4-9)11(22)14-12(23)13(24)17(26-14)21-6-5-10-15(21)19-7-20-16(10)25/h1-7,11-14,17,22-24H,(H,19,20,25)/t11-,12+,13-,14-,17-/m1/s1. The molecule has 1 aliphatic heterocycles. The van der Waals surface area contributed by atoms with Crippen molar-refractivity contribution >= 4 is 22.6 Å². The molecule has 3 heterocycles. The molecule has 0 spiro atoms. The Bertz CT molecular complexity index is 986. The number of ether oxygens (including phenoxy) is 1. The number of aromatic amines is 1. The van der Waals surface area contributed by atoms with Crippen LogP contribution in [-0.2, 0) is 4.74 Å². The molecule has 0 aliphatic carbocycles. The van der Waals surface area contributed by atoms with Gasteiger partial charge < -0.3 is 29.6 Å². The fourth-order valence-electron chi connectivity index (χ4n) is 3.21. The van der Waals surface area contributed by atoms with Crippen molar-refractivity contribution in [3.63, 3.8) is 0 Å². The van der Waals surface area contributed by atoms with Crippen molar-refractivity contribution in [3.8, 4) is 0 Å². The summed E-state index contributed by atoms with van der Waals surface area (Å²) in [6.45, 7) is 0. The summed E-state index contributed by atoms with van der Waals surface area (Å²) >= 11 is 5.85. The molecule has 0 amide bonds. The van der Waals surface area contributed by atoms with Crippen LogP contribution in [0.4, 0.5) is 0 Å². The molecule has 0 saturated carbocycles. The molecule has 5 atom stereocenters. The Kier molecular flexibility index (Phi) is 4.29. The van der Waals surface area contributed by atoms with Gasteiger partial charge in [-0.25, -0.2) is 4.98 Å². The van der Waals surface area contributed by atoms with Crippen LogP contribution in [-0.4, -0.2) is 48.2 Å². The fourth-order valence-corrected chi connectivity index (χ4v) is 3.34. The molecule has 26 heavy (non-hydrogen) atoms. The molecular formula is C17H16ClN3O5. The zero-order valence-corrected chi connectivity index (χ0v) is 14.1. The highest BCUT2D eigenvalue weighted by Crippen LogP contribution is 2.37. The Morgan fingerprint density at radius 2 is 1.92 bits per heavy atom. The number of nitrogens with one attached hydrogen (secondary N) is 1. The van der Waals surface area contributed by atoms with Gasteiger partial charge in [-0.2, -0.15) is 0 Å². The molecule has 1 aliphatic rings. The van der Waals surface area contributed by atoms with Crippen LogP contribution in [0.5, 0.6) is 0 Å². The van der Waals surface area contributed by atoms with Gasteiger partial charge in [0.1, 0.15) is 30.1 Å². The van der Waals surface area contributed by atoms with E-state index in [0.717, 1.165) is 0 Å². The summed E-state index contributed by atoms with van der Waals surface area (Å²) in [5.41, 5.74) is 0.490. The summed E-state index contributed by atoms with van der Waals surface area (Å²) in [7, 11) is 0. The molecule has 0 radical (unpaired) electrons. The third-order valence-corrected chi connectivity index (χ3v) is 4.84. The van der Waals surface area contributed by atoms with E-state index in [0.29, 0.717) is 21.6 Å². The average molecular weight is 378 g/mol. The first-order valence-corrected chi connectivity index (χ1v) is 8.34. The van der Waals surface area contributed by atoms with Crippen molar-refractivity contribution in [2.24, 2.45) is 0 Å². The zero-order valence-electron chi connectivity index (χ0n) is 13.4. The maximum Gasteiger partial charge on any atom is 0.260 e. The molecule has 1 aromatic carbocycles. The van der Waals surface area contributed by atoms with Crippen molar-refractivity contribution in [1.82, 2.24) is 14.5 Å². The number of aliphatic hydroxyl groups excluding tert-OH is 3. The number of nitrogens with zero attached hydrogens (tertiary/aromatic N) is 2. The maximum absolute atomic E-state index is 11.8. The van der Waals surface area contributed by atoms with Crippen LogP contribution < -0.4 is 5.56 Å². The molecule has 2 aromatic heterocycles. The first-order chi connectivity index (χ1) is 12.5. The van der Waals surface area contributed by atoms with Crippen molar-refractivity contribution < 1.29 is 20.1 Å². The number of halogens is 1. The predicted octanol–water partition coefficient (Wildman–Crippen LogP) is 0.731. The first-order valence-electron chi connectivity index (χ1n) is 7.96. The smallest absolute Gasteiger partial charge is 0.260 e. The van der Waals surface area contributed by atoms with Gasteiger partial charge in [0, 0.05) is 11.2 Å². The van der Waals surface area contributed by atoms with Gasteiger partial charge in [-0.15, -0.1) is 0 Å². The first kappa shape index (κ1) is 17.2. The number of H-pyrrole nitrogens is 1. The minimum absolute atomic E-state index is 0.312. The van der Waals surface area contributed by atoms with Crippen LogP contribution >= 0.6 is 11.6 Å². The highest BCUT2D eigenvalue weighted by Gasteiger charge is 2.47. The summed E-state index contributed by atoms with van der Waals surface area (Å²) in [6.07, 6.45) is -3.06. The highest BCUT2D eigenvalue weighted by atomic mass is 35.5. The molecule has 8 nitrogen and oxygen atoms in total. The third kappa shape index (κ3) is 2.72. The lowest BCUT2D eigenvalue weighted by molar-refractivity contribution is -0.0848. The largest absolute Gasteiger partial charge is 0.387 e. The molecular weight excluding hydrogens is 362 g/mol. The Morgan fingerprint density at radius 1 is 1.19 bits per heavy atom. The number of hydrogen-bond acceptors (Lipinski definition) is 6. The number of benzene rings is 1. The molecule has 1 fully saturated rings. The second kappa shape index (κ2) is 6.49. The van der Waals surface area contributed by atoms with E-state index in [1.807, 2.05) is 0 Å². The quantitative estimate of drug-likeness (QED) is 0.534. The van der Waals surface area contributed by atoms with Gasteiger partial charge in [0.05, 0.1) is 11.7 Å². The van der Waals surface area contributed by atoms with Gasteiger partial charge in [0.25, 0.3) is 5.56 Å². The monoisotopic (exact) mass is 377 g/mol. The second-order valence-corrected chi connectivity index (χ2v) is 6.60. The molecule has 4 N–H and O–H groups in total. The Balaban J connectivity index is 1.66. The number of hydrogen-bond donors (Lipinski definition) is 4. The molecule has 9 heteroatoms. The normalized spacial score (nSPS) is 27.1.